The predicted octanol–water partition coefficient (Wildman–Crippen LogP) is 2.95. The highest BCUT2D eigenvalue weighted by Gasteiger charge is 2.18. The highest BCUT2D eigenvalue weighted by atomic mass is 32.2. The zero-order valence-electron chi connectivity index (χ0n) is 19.6. The fourth-order valence-electron chi connectivity index (χ4n) is 3.67. The zero-order valence-corrected chi connectivity index (χ0v) is 20.4. The molecule has 0 bridgehead atoms. The Morgan fingerprint density at radius 2 is 1.68 bits per heavy atom. The molecule has 4 aromatic rings. The number of anilines is 1. The van der Waals surface area contributed by atoms with Crippen LogP contribution in [0.5, 0.6) is 11.5 Å². The van der Waals surface area contributed by atoms with Gasteiger partial charge in [-0.1, -0.05) is 18.2 Å². The maximum absolute atomic E-state index is 11.9. The summed E-state index contributed by atoms with van der Waals surface area (Å²) in [4.78, 5) is 9.37. The van der Waals surface area contributed by atoms with Gasteiger partial charge in [0.15, 0.2) is 17.1 Å². The van der Waals surface area contributed by atoms with Gasteiger partial charge < -0.3 is 14.8 Å². The van der Waals surface area contributed by atoms with Gasteiger partial charge in [0.2, 0.25) is 16.0 Å². The van der Waals surface area contributed by atoms with Crippen LogP contribution in [0.15, 0.2) is 47.4 Å². The Bertz CT molecular complexity index is 1450. The summed E-state index contributed by atoms with van der Waals surface area (Å²) in [6.07, 6.45) is 0. The predicted molar refractivity (Wildman–Crippen MR) is 129 cm³/mol. The van der Waals surface area contributed by atoms with Crippen LogP contribution >= 0.6 is 0 Å². The van der Waals surface area contributed by atoms with Crippen molar-refractivity contribution >= 4 is 21.6 Å². The first-order valence-corrected chi connectivity index (χ1v) is 12.0. The molecule has 0 aliphatic rings. The topological polar surface area (TPSA) is 120 Å². The zero-order chi connectivity index (χ0) is 24.5. The number of nitrogens with zero attached hydrogens (tertiary/aromatic N) is 4. The molecule has 2 aromatic carbocycles. The molecule has 2 heterocycles. The molecular weight excluding hydrogens is 456 g/mol. The lowest BCUT2D eigenvalue weighted by Gasteiger charge is -2.11. The second kappa shape index (κ2) is 9.27. The van der Waals surface area contributed by atoms with E-state index in [1.807, 2.05) is 32.0 Å². The first-order valence-electron chi connectivity index (χ1n) is 10.5. The third kappa shape index (κ3) is 4.39. The Kier molecular flexibility index (Phi) is 6.40. The summed E-state index contributed by atoms with van der Waals surface area (Å²) in [7, 11) is 1.10. The van der Waals surface area contributed by atoms with Crippen LogP contribution in [0.4, 0.5) is 5.95 Å². The molecule has 0 fully saturated rings. The van der Waals surface area contributed by atoms with Crippen LogP contribution in [0.25, 0.3) is 16.8 Å². The van der Waals surface area contributed by atoms with Gasteiger partial charge in [0.1, 0.15) is 5.82 Å². The van der Waals surface area contributed by atoms with Gasteiger partial charge in [0.05, 0.1) is 24.8 Å². The van der Waals surface area contributed by atoms with E-state index in [1.165, 1.54) is 7.05 Å². The van der Waals surface area contributed by atoms with Gasteiger partial charge >= 0.3 is 0 Å². The highest BCUT2D eigenvalue weighted by molar-refractivity contribution is 7.89. The van der Waals surface area contributed by atoms with Crippen molar-refractivity contribution in [1.82, 2.24) is 24.3 Å². The summed E-state index contributed by atoms with van der Waals surface area (Å²) in [5.74, 6) is 2.38. The van der Waals surface area contributed by atoms with Crippen LogP contribution in [0.3, 0.4) is 0 Å². The van der Waals surface area contributed by atoms with Crippen molar-refractivity contribution in [3.8, 4) is 22.6 Å². The van der Waals surface area contributed by atoms with Crippen molar-refractivity contribution in [1.29, 1.82) is 0 Å². The lowest BCUT2D eigenvalue weighted by Crippen LogP contribution is -2.18. The molecule has 4 rings (SSSR count). The van der Waals surface area contributed by atoms with Crippen molar-refractivity contribution in [3.05, 3.63) is 59.5 Å². The molecule has 34 heavy (non-hydrogen) atoms. The molecular formula is C23H26N6O4S. The van der Waals surface area contributed by atoms with Gasteiger partial charge in [-0.25, -0.2) is 18.1 Å². The summed E-state index contributed by atoms with van der Waals surface area (Å²) in [5, 5.41) is 7.96. The van der Waals surface area contributed by atoms with E-state index in [4.69, 9.17) is 9.47 Å². The normalized spacial score (nSPS) is 11.6. The number of ether oxygens (including phenoxy) is 2. The third-order valence-electron chi connectivity index (χ3n) is 5.40. The van der Waals surface area contributed by atoms with Crippen molar-refractivity contribution < 1.29 is 17.9 Å². The minimum absolute atomic E-state index is 0.210. The molecule has 0 unspecified atom stereocenters. The maximum atomic E-state index is 11.9. The number of benzene rings is 2. The molecule has 10 nitrogen and oxygen atoms in total. The second-order valence-electron chi connectivity index (χ2n) is 7.57. The number of rotatable bonds is 8. The number of hydrogen-bond acceptors (Lipinski definition) is 8. The Labute approximate surface area is 198 Å². The molecule has 0 amide bonds. The minimum atomic E-state index is -3.48. The molecule has 0 saturated carbocycles. The molecule has 0 aliphatic heterocycles. The Morgan fingerprint density at radius 3 is 2.32 bits per heavy atom. The Balaban J connectivity index is 1.68. The Morgan fingerprint density at radius 1 is 0.971 bits per heavy atom. The first-order chi connectivity index (χ1) is 16.3. The van der Waals surface area contributed by atoms with E-state index in [1.54, 1.807) is 43.0 Å². The molecule has 11 heteroatoms. The van der Waals surface area contributed by atoms with Crippen molar-refractivity contribution in [3.63, 3.8) is 0 Å². The van der Waals surface area contributed by atoms with Crippen LogP contribution in [-0.2, 0) is 16.6 Å². The number of nitrogens with one attached hydrogen (secondary N) is 2. The molecule has 2 aromatic heterocycles. The quantitative estimate of drug-likeness (QED) is 0.393. The summed E-state index contributed by atoms with van der Waals surface area (Å²) < 4.78 is 38.7. The summed E-state index contributed by atoms with van der Waals surface area (Å²) in [6.45, 7) is 4.17. The van der Waals surface area contributed by atoms with E-state index in [0.29, 0.717) is 35.5 Å². The lowest BCUT2D eigenvalue weighted by molar-refractivity contribution is 0.355. The molecule has 2 N–H and O–H groups in total. The highest BCUT2D eigenvalue weighted by Crippen LogP contribution is 2.35. The van der Waals surface area contributed by atoms with Crippen LogP contribution in [0.2, 0.25) is 0 Å². The monoisotopic (exact) mass is 482 g/mol. The van der Waals surface area contributed by atoms with E-state index in [0.717, 1.165) is 22.4 Å². The van der Waals surface area contributed by atoms with Crippen LogP contribution in [0.1, 0.15) is 17.1 Å². The van der Waals surface area contributed by atoms with Crippen molar-refractivity contribution in [2.75, 3.05) is 26.6 Å². The smallest absolute Gasteiger partial charge is 0.240 e. The molecule has 0 radical (unpaired) electrons. The molecule has 0 aliphatic carbocycles. The first kappa shape index (κ1) is 23.5. The standard InChI is InChI=1S/C23H26N6O4S/c1-14-21(17-8-11-19(32-4)20(12-17)33-5)22-26-15(2)27-23(29(22)28-14)25-13-16-6-9-18(10-7-16)34(30,31)24-3/h6-12,24H,13H2,1-5H3,(H,25,26,27). The SMILES string of the molecule is CNS(=O)(=O)c1ccc(CNc2nc(C)nc3c(-c4ccc(OC)c(OC)c4)c(C)nn23)cc1. The number of methoxy groups -OCH3 is 2. The molecule has 178 valence electrons. The minimum Gasteiger partial charge on any atom is -0.493 e. The molecule has 0 atom stereocenters. The van der Waals surface area contributed by atoms with Gasteiger partial charge in [-0.2, -0.15) is 14.6 Å². The van der Waals surface area contributed by atoms with E-state index < -0.39 is 10.0 Å². The largest absolute Gasteiger partial charge is 0.493 e. The van der Waals surface area contributed by atoms with Crippen LogP contribution < -0.4 is 19.5 Å². The lowest BCUT2D eigenvalue weighted by atomic mass is 10.1. The summed E-state index contributed by atoms with van der Waals surface area (Å²) in [6, 6.07) is 12.3. The number of aryl methyl sites for hydroxylation is 2. The number of fused-ring (bicyclic) bond motifs is 1. The van der Waals surface area contributed by atoms with Gasteiger partial charge in [-0.15, -0.1) is 0 Å². The Hall–Kier alpha value is -3.70. The summed E-state index contributed by atoms with van der Waals surface area (Å²) >= 11 is 0. The molecule has 0 saturated heterocycles. The van der Waals surface area contributed by atoms with E-state index in [2.05, 4.69) is 25.1 Å². The average Bonchev–Trinajstić information content (AvgIpc) is 3.17. The van der Waals surface area contributed by atoms with E-state index in [-0.39, 0.29) is 4.90 Å². The second-order valence-corrected chi connectivity index (χ2v) is 9.45. The fourth-order valence-corrected chi connectivity index (χ4v) is 4.40. The van der Waals surface area contributed by atoms with E-state index in [9.17, 15) is 8.42 Å². The maximum Gasteiger partial charge on any atom is 0.240 e. The van der Waals surface area contributed by atoms with Crippen molar-refractivity contribution in [2.24, 2.45) is 0 Å². The summed E-state index contributed by atoms with van der Waals surface area (Å²) in [5.41, 5.74) is 4.11. The van der Waals surface area contributed by atoms with Gasteiger partial charge in [-0.3, -0.25) is 0 Å². The number of aromatic nitrogens is 4. The van der Waals surface area contributed by atoms with Crippen LogP contribution in [-0.4, -0.2) is 49.3 Å². The molecule has 0 spiro atoms. The van der Waals surface area contributed by atoms with Gasteiger partial charge in [0, 0.05) is 12.1 Å². The van der Waals surface area contributed by atoms with Crippen molar-refractivity contribution in [2.45, 2.75) is 25.3 Å². The fraction of sp³-hybridized carbons (Fsp3) is 0.261. The third-order valence-corrected chi connectivity index (χ3v) is 6.83. The van der Waals surface area contributed by atoms with E-state index >= 15 is 0 Å². The van der Waals surface area contributed by atoms with Crippen LogP contribution in [0, 0.1) is 13.8 Å². The average molecular weight is 483 g/mol. The number of hydrogen-bond donors (Lipinski definition) is 2. The number of sulfonamides is 1. The van der Waals surface area contributed by atoms with Gasteiger partial charge in [0.25, 0.3) is 0 Å². The van der Waals surface area contributed by atoms with Gasteiger partial charge in [-0.05, 0) is 56.3 Å².